The van der Waals surface area contributed by atoms with Gasteiger partial charge in [0.05, 0.1) is 6.04 Å². The number of anilines is 1. The molecule has 2 amide bonds. The number of benzene rings is 2. The second kappa shape index (κ2) is 6.69. The van der Waals surface area contributed by atoms with E-state index in [4.69, 9.17) is 0 Å². The van der Waals surface area contributed by atoms with Crippen molar-refractivity contribution in [1.29, 1.82) is 0 Å². The predicted octanol–water partition coefficient (Wildman–Crippen LogP) is 3.16. The van der Waals surface area contributed by atoms with Gasteiger partial charge in [0.1, 0.15) is 5.41 Å². The van der Waals surface area contributed by atoms with E-state index < -0.39 is 11.5 Å². The van der Waals surface area contributed by atoms with Crippen LogP contribution in [-0.2, 0) is 10.2 Å². The number of aromatic nitrogens is 1. The minimum absolute atomic E-state index is 0.0880. The van der Waals surface area contributed by atoms with Crippen LogP contribution in [0, 0.1) is 6.92 Å². The first-order valence-corrected chi connectivity index (χ1v) is 9.98. The molecule has 1 fully saturated rings. The highest BCUT2D eigenvalue weighted by Gasteiger charge is 2.59. The normalized spacial score (nSPS) is 22.2. The number of nitrogens with one attached hydrogen (secondary N) is 2. The average Bonchev–Trinajstić information content (AvgIpc) is 3.27. The summed E-state index contributed by atoms with van der Waals surface area (Å²) in [5, 5.41) is 3.02. The summed E-state index contributed by atoms with van der Waals surface area (Å²) < 4.78 is 0. The molecule has 1 spiro atoms. The number of fused-ring (bicyclic) bond motifs is 2. The second-order valence-electron chi connectivity index (χ2n) is 7.95. The number of H-pyrrole nitrogens is 1. The Morgan fingerprint density at radius 1 is 1.03 bits per heavy atom. The fourth-order valence-electron chi connectivity index (χ4n) is 4.98. The van der Waals surface area contributed by atoms with Gasteiger partial charge in [0.25, 0.3) is 5.91 Å². The standard InChI is InChI=1S/C24H21N3O3/c1-15-13-17(14-20(28)25-15)22(29)27-12-11-24(21(27)16-7-3-2-4-8-16)18-9-5-6-10-19(18)26-23(24)30/h2-10,13-14,21H,11-12H2,1H3,(H,25,28)(H,26,30). The number of aryl methyl sites for hydroxylation is 1. The summed E-state index contributed by atoms with van der Waals surface area (Å²) in [6, 6.07) is 19.9. The van der Waals surface area contributed by atoms with Crippen LogP contribution >= 0.6 is 0 Å². The van der Waals surface area contributed by atoms with Crippen LogP contribution in [0.1, 0.15) is 39.6 Å². The zero-order chi connectivity index (χ0) is 20.9. The van der Waals surface area contributed by atoms with E-state index in [2.05, 4.69) is 10.3 Å². The van der Waals surface area contributed by atoms with Gasteiger partial charge in [-0.25, -0.2) is 0 Å². The van der Waals surface area contributed by atoms with E-state index in [0.29, 0.717) is 24.2 Å². The number of hydrogen-bond acceptors (Lipinski definition) is 3. The number of likely N-dealkylation sites (tertiary alicyclic amines) is 1. The fraction of sp³-hybridized carbons (Fsp3) is 0.208. The van der Waals surface area contributed by atoms with Gasteiger partial charge in [-0.15, -0.1) is 0 Å². The molecule has 3 aromatic rings. The molecule has 2 N–H and O–H groups in total. The molecule has 5 rings (SSSR count). The van der Waals surface area contributed by atoms with Gasteiger partial charge >= 0.3 is 0 Å². The lowest BCUT2D eigenvalue weighted by molar-refractivity contribution is -0.121. The lowest BCUT2D eigenvalue weighted by atomic mass is 9.72. The highest BCUT2D eigenvalue weighted by atomic mass is 16.2. The van der Waals surface area contributed by atoms with Crippen molar-refractivity contribution in [3.05, 3.63) is 99.5 Å². The van der Waals surface area contributed by atoms with Crippen molar-refractivity contribution in [3.8, 4) is 0 Å². The molecule has 0 aliphatic carbocycles. The van der Waals surface area contributed by atoms with Crippen molar-refractivity contribution in [1.82, 2.24) is 9.88 Å². The maximum absolute atomic E-state index is 13.5. The summed E-state index contributed by atoms with van der Waals surface area (Å²) in [6.07, 6.45) is 0.517. The van der Waals surface area contributed by atoms with Crippen LogP contribution in [0.3, 0.4) is 0 Å². The van der Waals surface area contributed by atoms with Crippen molar-refractivity contribution in [2.45, 2.75) is 24.8 Å². The zero-order valence-electron chi connectivity index (χ0n) is 16.5. The van der Waals surface area contributed by atoms with Crippen molar-refractivity contribution in [2.24, 2.45) is 0 Å². The van der Waals surface area contributed by atoms with E-state index in [0.717, 1.165) is 16.8 Å². The largest absolute Gasteiger partial charge is 0.330 e. The number of hydrogen-bond donors (Lipinski definition) is 2. The number of rotatable bonds is 2. The van der Waals surface area contributed by atoms with Crippen LogP contribution in [-0.4, -0.2) is 28.2 Å². The topological polar surface area (TPSA) is 82.3 Å². The highest BCUT2D eigenvalue weighted by molar-refractivity contribution is 6.08. The molecule has 2 unspecified atom stereocenters. The average molecular weight is 399 g/mol. The third-order valence-electron chi connectivity index (χ3n) is 6.19. The van der Waals surface area contributed by atoms with Crippen LogP contribution < -0.4 is 10.9 Å². The molecule has 6 nitrogen and oxygen atoms in total. The summed E-state index contributed by atoms with van der Waals surface area (Å²) in [6.45, 7) is 2.17. The first kappa shape index (κ1) is 18.4. The molecule has 2 aliphatic rings. The number of pyridine rings is 1. The zero-order valence-corrected chi connectivity index (χ0v) is 16.5. The third-order valence-corrected chi connectivity index (χ3v) is 6.19. The molecule has 1 aromatic heterocycles. The van der Waals surface area contributed by atoms with Crippen LogP contribution in [0.5, 0.6) is 0 Å². The molecule has 6 heteroatoms. The molecule has 2 aliphatic heterocycles. The minimum atomic E-state index is -0.857. The Kier molecular flexibility index (Phi) is 4.10. The molecular weight excluding hydrogens is 378 g/mol. The first-order chi connectivity index (χ1) is 14.5. The molecule has 150 valence electrons. The van der Waals surface area contributed by atoms with E-state index >= 15 is 0 Å². The number of carbonyl (C=O) groups is 2. The molecule has 0 saturated carbocycles. The number of carbonyl (C=O) groups excluding carboxylic acids is 2. The Bertz CT molecular complexity index is 1220. The second-order valence-corrected chi connectivity index (χ2v) is 7.95. The number of aromatic amines is 1. The maximum atomic E-state index is 13.5. The van der Waals surface area contributed by atoms with Crippen molar-refractivity contribution < 1.29 is 9.59 Å². The number of para-hydroxylation sites is 1. The smallest absolute Gasteiger partial charge is 0.254 e. The van der Waals surface area contributed by atoms with Crippen LogP contribution in [0.25, 0.3) is 0 Å². The molecule has 0 bridgehead atoms. The van der Waals surface area contributed by atoms with Gasteiger partial charge in [-0.1, -0.05) is 48.5 Å². The fourth-order valence-corrected chi connectivity index (χ4v) is 4.98. The van der Waals surface area contributed by atoms with Crippen LogP contribution in [0.4, 0.5) is 5.69 Å². The van der Waals surface area contributed by atoms with Crippen molar-refractivity contribution in [2.75, 3.05) is 11.9 Å². The summed E-state index contributed by atoms with van der Waals surface area (Å²) >= 11 is 0. The Morgan fingerprint density at radius 3 is 2.53 bits per heavy atom. The Morgan fingerprint density at radius 2 is 1.77 bits per heavy atom. The number of nitrogens with zero attached hydrogens (tertiary/aromatic N) is 1. The van der Waals surface area contributed by atoms with Crippen molar-refractivity contribution in [3.63, 3.8) is 0 Å². The van der Waals surface area contributed by atoms with Gasteiger partial charge in [-0.2, -0.15) is 0 Å². The minimum Gasteiger partial charge on any atom is -0.330 e. The van der Waals surface area contributed by atoms with Gasteiger partial charge in [0.2, 0.25) is 11.5 Å². The van der Waals surface area contributed by atoms with E-state index in [1.54, 1.807) is 17.9 Å². The van der Waals surface area contributed by atoms with Gasteiger partial charge < -0.3 is 15.2 Å². The summed E-state index contributed by atoms with van der Waals surface area (Å²) in [5.41, 5.74) is 2.40. The molecule has 1 saturated heterocycles. The SMILES string of the molecule is Cc1cc(C(=O)N2CCC3(C(=O)Nc4ccccc43)C2c2ccccc2)cc(=O)[nH]1. The first-order valence-electron chi connectivity index (χ1n) is 9.98. The molecular formula is C24H21N3O3. The van der Waals surface area contributed by atoms with Gasteiger partial charge in [-0.05, 0) is 36.6 Å². The lowest BCUT2D eigenvalue weighted by Crippen LogP contribution is -2.42. The Balaban J connectivity index is 1.68. The highest BCUT2D eigenvalue weighted by Crippen LogP contribution is 2.54. The summed E-state index contributed by atoms with van der Waals surface area (Å²) in [7, 11) is 0. The van der Waals surface area contributed by atoms with E-state index in [9.17, 15) is 14.4 Å². The molecule has 30 heavy (non-hydrogen) atoms. The van der Waals surface area contributed by atoms with Crippen molar-refractivity contribution >= 4 is 17.5 Å². The predicted molar refractivity (Wildman–Crippen MR) is 113 cm³/mol. The van der Waals surface area contributed by atoms with E-state index in [1.165, 1.54) is 6.07 Å². The Hall–Kier alpha value is -3.67. The quantitative estimate of drug-likeness (QED) is 0.694. The van der Waals surface area contributed by atoms with E-state index in [-0.39, 0.29) is 17.4 Å². The van der Waals surface area contributed by atoms with Crippen LogP contribution in [0.2, 0.25) is 0 Å². The molecule has 2 atom stereocenters. The van der Waals surface area contributed by atoms with Gasteiger partial charge in [0.15, 0.2) is 0 Å². The molecule has 2 aromatic carbocycles. The van der Waals surface area contributed by atoms with E-state index in [1.807, 2.05) is 54.6 Å². The lowest BCUT2D eigenvalue weighted by Gasteiger charge is -2.34. The Labute approximate surface area is 173 Å². The summed E-state index contributed by atoms with van der Waals surface area (Å²) in [4.78, 5) is 43.3. The monoisotopic (exact) mass is 399 g/mol. The van der Waals surface area contributed by atoms with Gasteiger partial charge in [-0.3, -0.25) is 14.4 Å². The van der Waals surface area contributed by atoms with Crippen LogP contribution in [0.15, 0.2) is 71.5 Å². The third kappa shape index (κ3) is 2.60. The van der Waals surface area contributed by atoms with Gasteiger partial charge in [0, 0.05) is 29.6 Å². The summed E-state index contributed by atoms with van der Waals surface area (Å²) in [5.74, 6) is -0.331. The maximum Gasteiger partial charge on any atom is 0.254 e. The molecule has 0 radical (unpaired) electrons. The number of amides is 2. The molecule has 3 heterocycles.